The maximum absolute atomic E-state index is 13.5. The Hall–Kier alpha value is -0.970. The fourth-order valence-corrected chi connectivity index (χ4v) is 1.18. The molecular weight excluding hydrogens is 161 g/mol. The molecule has 0 amide bonds. The van der Waals surface area contributed by atoms with Crippen LogP contribution < -0.4 is 0 Å². The normalized spacial score (nSPS) is 20.5. The molecule has 66 valence electrons. The molecule has 0 aliphatic carbocycles. The van der Waals surface area contributed by atoms with Crippen molar-refractivity contribution < 1.29 is 9.13 Å². The third-order valence-electron chi connectivity index (χ3n) is 2.07. The number of rotatable bonds is 2. The fraction of sp³-hybridized carbons (Fsp3) is 0.714. The molecule has 0 unspecified atom stereocenters. The number of aromatic nitrogens is 3. The van der Waals surface area contributed by atoms with Crippen molar-refractivity contribution >= 4 is 0 Å². The van der Waals surface area contributed by atoms with E-state index >= 15 is 0 Å². The Morgan fingerprint density at radius 1 is 1.75 bits per heavy atom. The first-order valence-corrected chi connectivity index (χ1v) is 3.84. The van der Waals surface area contributed by atoms with Gasteiger partial charge in [-0.1, -0.05) is 0 Å². The van der Waals surface area contributed by atoms with Gasteiger partial charge in [0.25, 0.3) is 0 Å². The standard InChI is InChI=1S/C7H10FN3O/c1-11-4-9-10-7(11)6(8)5-2-12-3-5/h4-6H,2-3H2,1H3/t6-/m0/s1. The Morgan fingerprint density at radius 2 is 2.50 bits per heavy atom. The van der Waals surface area contributed by atoms with Crippen LogP contribution in [0.2, 0.25) is 0 Å². The van der Waals surface area contributed by atoms with Crippen molar-refractivity contribution in [2.45, 2.75) is 6.17 Å². The van der Waals surface area contributed by atoms with Crippen molar-refractivity contribution in [3.8, 4) is 0 Å². The summed E-state index contributed by atoms with van der Waals surface area (Å²) in [6.45, 7) is 0.988. The summed E-state index contributed by atoms with van der Waals surface area (Å²) in [4.78, 5) is 0. The molecule has 1 aromatic heterocycles. The van der Waals surface area contributed by atoms with E-state index in [9.17, 15) is 4.39 Å². The molecule has 1 aromatic rings. The molecule has 1 aliphatic heterocycles. The molecule has 2 rings (SSSR count). The highest BCUT2D eigenvalue weighted by Gasteiger charge is 2.32. The van der Waals surface area contributed by atoms with Crippen LogP contribution in [0.15, 0.2) is 6.33 Å². The summed E-state index contributed by atoms with van der Waals surface area (Å²) in [6, 6.07) is 0. The molecule has 0 aromatic carbocycles. The highest BCUT2D eigenvalue weighted by Crippen LogP contribution is 2.29. The van der Waals surface area contributed by atoms with Gasteiger partial charge in [-0.05, 0) is 0 Å². The second-order valence-corrected chi connectivity index (χ2v) is 3.00. The Kier molecular flexibility index (Phi) is 1.80. The van der Waals surface area contributed by atoms with Gasteiger partial charge in [-0.25, -0.2) is 4.39 Å². The molecule has 0 saturated carbocycles. The second kappa shape index (κ2) is 2.82. The zero-order chi connectivity index (χ0) is 8.55. The summed E-state index contributed by atoms with van der Waals surface area (Å²) in [5.74, 6) is 0.358. The van der Waals surface area contributed by atoms with E-state index in [1.807, 2.05) is 0 Å². The third kappa shape index (κ3) is 1.10. The van der Waals surface area contributed by atoms with Gasteiger partial charge in [0.05, 0.1) is 13.2 Å². The van der Waals surface area contributed by atoms with Gasteiger partial charge < -0.3 is 9.30 Å². The minimum Gasteiger partial charge on any atom is -0.380 e. The summed E-state index contributed by atoms with van der Waals surface area (Å²) in [5, 5.41) is 7.32. The van der Waals surface area contributed by atoms with Gasteiger partial charge in [0.15, 0.2) is 12.0 Å². The molecule has 5 heteroatoms. The highest BCUT2D eigenvalue weighted by atomic mass is 19.1. The van der Waals surface area contributed by atoms with Crippen LogP contribution in [0.3, 0.4) is 0 Å². The zero-order valence-electron chi connectivity index (χ0n) is 6.77. The lowest BCUT2D eigenvalue weighted by atomic mass is 10.0. The first-order chi connectivity index (χ1) is 5.79. The summed E-state index contributed by atoms with van der Waals surface area (Å²) in [7, 11) is 1.74. The summed E-state index contributed by atoms with van der Waals surface area (Å²) >= 11 is 0. The van der Waals surface area contributed by atoms with E-state index in [0.717, 1.165) is 0 Å². The van der Waals surface area contributed by atoms with Crippen LogP contribution in [0.4, 0.5) is 4.39 Å². The maximum atomic E-state index is 13.5. The molecule has 1 atom stereocenters. The maximum Gasteiger partial charge on any atom is 0.167 e. The lowest BCUT2D eigenvalue weighted by Crippen LogP contribution is -2.32. The molecule has 0 bridgehead atoms. The monoisotopic (exact) mass is 171 g/mol. The molecule has 1 aliphatic rings. The summed E-state index contributed by atoms with van der Waals surface area (Å²) < 4.78 is 20.0. The van der Waals surface area contributed by atoms with E-state index in [-0.39, 0.29) is 5.92 Å². The van der Waals surface area contributed by atoms with Crippen LogP contribution in [0.5, 0.6) is 0 Å². The second-order valence-electron chi connectivity index (χ2n) is 3.00. The number of hydrogen-bond donors (Lipinski definition) is 0. The molecule has 0 N–H and O–H groups in total. The zero-order valence-corrected chi connectivity index (χ0v) is 6.77. The molecule has 1 fully saturated rings. The van der Waals surface area contributed by atoms with Crippen LogP contribution in [0, 0.1) is 5.92 Å². The van der Waals surface area contributed by atoms with Crippen LogP contribution in [-0.2, 0) is 11.8 Å². The average Bonchev–Trinajstić information content (AvgIpc) is 2.31. The van der Waals surface area contributed by atoms with E-state index in [0.29, 0.717) is 19.0 Å². The smallest absolute Gasteiger partial charge is 0.167 e. The predicted molar refractivity (Wildman–Crippen MR) is 39.2 cm³/mol. The van der Waals surface area contributed by atoms with E-state index in [2.05, 4.69) is 10.2 Å². The molecular formula is C7H10FN3O. The number of ether oxygens (including phenoxy) is 1. The van der Waals surface area contributed by atoms with Gasteiger partial charge in [-0.15, -0.1) is 10.2 Å². The largest absolute Gasteiger partial charge is 0.380 e. The van der Waals surface area contributed by atoms with Crippen molar-refractivity contribution in [2.75, 3.05) is 13.2 Å². The Morgan fingerprint density at radius 3 is 2.92 bits per heavy atom. The molecule has 0 radical (unpaired) electrons. The first kappa shape index (κ1) is 7.67. The van der Waals surface area contributed by atoms with Gasteiger partial charge in [-0.3, -0.25) is 0 Å². The Balaban J connectivity index is 2.13. The minimum atomic E-state index is -1.04. The van der Waals surface area contributed by atoms with Crippen molar-refractivity contribution in [1.29, 1.82) is 0 Å². The quantitative estimate of drug-likeness (QED) is 0.649. The number of halogens is 1. The van der Waals surface area contributed by atoms with E-state index in [4.69, 9.17) is 4.74 Å². The minimum absolute atomic E-state index is 0.0344. The molecule has 4 nitrogen and oxygen atoms in total. The lowest BCUT2D eigenvalue weighted by Gasteiger charge is -2.28. The Bertz CT molecular complexity index is 271. The average molecular weight is 171 g/mol. The SMILES string of the molecule is Cn1cnnc1[C@@H](F)C1COC1. The van der Waals surface area contributed by atoms with Gasteiger partial charge in [-0.2, -0.15) is 0 Å². The highest BCUT2D eigenvalue weighted by molar-refractivity contribution is 4.95. The topological polar surface area (TPSA) is 39.9 Å². The predicted octanol–water partition coefficient (Wildman–Crippen LogP) is 0.472. The van der Waals surface area contributed by atoms with Gasteiger partial charge in [0.1, 0.15) is 6.33 Å². The number of alkyl halides is 1. The number of aryl methyl sites for hydroxylation is 1. The Labute approximate surface area is 69.4 Å². The third-order valence-corrected chi connectivity index (χ3v) is 2.07. The van der Waals surface area contributed by atoms with E-state index in [1.54, 1.807) is 11.6 Å². The van der Waals surface area contributed by atoms with Gasteiger partial charge in [0, 0.05) is 13.0 Å². The van der Waals surface area contributed by atoms with Crippen LogP contribution in [-0.4, -0.2) is 28.0 Å². The van der Waals surface area contributed by atoms with E-state index < -0.39 is 6.17 Å². The molecule has 1 saturated heterocycles. The molecule has 0 spiro atoms. The fourth-order valence-electron chi connectivity index (χ4n) is 1.18. The van der Waals surface area contributed by atoms with Crippen LogP contribution in [0.1, 0.15) is 12.0 Å². The van der Waals surface area contributed by atoms with Crippen molar-refractivity contribution in [2.24, 2.45) is 13.0 Å². The van der Waals surface area contributed by atoms with Crippen LogP contribution in [0.25, 0.3) is 0 Å². The van der Waals surface area contributed by atoms with Crippen molar-refractivity contribution in [3.05, 3.63) is 12.2 Å². The van der Waals surface area contributed by atoms with Gasteiger partial charge >= 0.3 is 0 Å². The molecule has 2 heterocycles. The molecule has 12 heavy (non-hydrogen) atoms. The number of hydrogen-bond acceptors (Lipinski definition) is 3. The van der Waals surface area contributed by atoms with E-state index in [1.165, 1.54) is 6.33 Å². The van der Waals surface area contributed by atoms with Crippen molar-refractivity contribution in [1.82, 2.24) is 14.8 Å². The van der Waals surface area contributed by atoms with Crippen molar-refractivity contribution in [3.63, 3.8) is 0 Å². The summed E-state index contributed by atoms with van der Waals surface area (Å²) in [5.41, 5.74) is 0. The summed E-state index contributed by atoms with van der Waals surface area (Å²) in [6.07, 6.45) is 0.466. The van der Waals surface area contributed by atoms with Gasteiger partial charge in [0.2, 0.25) is 0 Å². The lowest BCUT2D eigenvalue weighted by molar-refractivity contribution is -0.0718. The first-order valence-electron chi connectivity index (χ1n) is 3.84. The number of nitrogens with zero attached hydrogens (tertiary/aromatic N) is 3. The van der Waals surface area contributed by atoms with Crippen LogP contribution >= 0.6 is 0 Å².